The van der Waals surface area contributed by atoms with E-state index in [2.05, 4.69) is 52.1 Å². The first-order valence-corrected chi connectivity index (χ1v) is 7.03. The Balaban J connectivity index is 3.06. The number of benzene rings is 1. The van der Waals surface area contributed by atoms with Gasteiger partial charge < -0.3 is 4.74 Å². The number of thioether (sulfide) groups is 1. The average molecular weight is 238 g/mol. The Morgan fingerprint density at radius 3 is 2.44 bits per heavy atom. The summed E-state index contributed by atoms with van der Waals surface area (Å²) in [6, 6.07) is 6.47. The van der Waals surface area contributed by atoms with E-state index in [-0.39, 0.29) is 5.41 Å². The molecular formula is C14H22OS. The van der Waals surface area contributed by atoms with E-state index >= 15 is 0 Å². The van der Waals surface area contributed by atoms with Gasteiger partial charge in [0.1, 0.15) is 5.75 Å². The summed E-state index contributed by atoms with van der Waals surface area (Å²) >= 11 is 1.78. The van der Waals surface area contributed by atoms with Gasteiger partial charge in [-0.15, -0.1) is 11.8 Å². The van der Waals surface area contributed by atoms with E-state index in [4.69, 9.17) is 4.74 Å². The van der Waals surface area contributed by atoms with E-state index < -0.39 is 0 Å². The van der Waals surface area contributed by atoms with Crippen molar-refractivity contribution < 1.29 is 4.74 Å². The summed E-state index contributed by atoms with van der Waals surface area (Å²) in [4.78, 5) is 1.30. The van der Waals surface area contributed by atoms with Crippen LogP contribution in [0.3, 0.4) is 0 Å². The third-order valence-corrected chi connectivity index (χ3v) is 3.18. The van der Waals surface area contributed by atoms with Gasteiger partial charge in [-0.3, -0.25) is 0 Å². The summed E-state index contributed by atoms with van der Waals surface area (Å²) in [5.41, 5.74) is 1.43. The van der Waals surface area contributed by atoms with Crippen molar-refractivity contribution in [3.05, 3.63) is 23.8 Å². The maximum Gasteiger partial charge on any atom is 0.123 e. The lowest BCUT2D eigenvalue weighted by Gasteiger charge is -2.23. The molecule has 0 radical (unpaired) electrons. The minimum absolute atomic E-state index is 0.134. The van der Waals surface area contributed by atoms with Crippen molar-refractivity contribution in [3.8, 4) is 5.75 Å². The molecule has 0 amide bonds. The fourth-order valence-corrected chi connectivity index (χ4v) is 2.00. The number of hydrogen-bond donors (Lipinski definition) is 0. The van der Waals surface area contributed by atoms with E-state index in [1.54, 1.807) is 11.8 Å². The minimum Gasteiger partial charge on any atom is -0.493 e. The zero-order valence-corrected chi connectivity index (χ0v) is 11.8. The molecule has 0 aliphatic carbocycles. The predicted octanol–water partition coefficient (Wildman–Crippen LogP) is 4.49. The van der Waals surface area contributed by atoms with Crippen molar-refractivity contribution >= 4 is 11.8 Å². The van der Waals surface area contributed by atoms with Crippen molar-refractivity contribution in [2.75, 3.05) is 12.9 Å². The minimum atomic E-state index is 0.134. The first-order chi connectivity index (χ1) is 7.49. The predicted molar refractivity (Wildman–Crippen MR) is 72.7 cm³/mol. The highest BCUT2D eigenvalue weighted by atomic mass is 32.2. The van der Waals surface area contributed by atoms with Crippen LogP contribution in [-0.2, 0) is 5.41 Å². The molecule has 16 heavy (non-hydrogen) atoms. The third kappa shape index (κ3) is 3.44. The zero-order valence-electron chi connectivity index (χ0n) is 11.0. The highest BCUT2D eigenvalue weighted by Gasteiger charge is 2.19. The molecule has 0 atom stereocenters. The van der Waals surface area contributed by atoms with Crippen LogP contribution in [0.5, 0.6) is 5.75 Å². The molecule has 0 N–H and O–H groups in total. The molecule has 0 heterocycles. The molecule has 2 heteroatoms. The second kappa shape index (κ2) is 5.62. The SMILES string of the molecule is CCCOc1ccc(SC)cc1C(C)(C)C. The smallest absolute Gasteiger partial charge is 0.123 e. The molecule has 0 bridgehead atoms. The normalized spacial score (nSPS) is 11.6. The largest absolute Gasteiger partial charge is 0.493 e. The highest BCUT2D eigenvalue weighted by molar-refractivity contribution is 7.98. The number of ether oxygens (including phenoxy) is 1. The molecule has 0 fully saturated rings. The van der Waals surface area contributed by atoms with Gasteiger partial charge in [0.15, 0.2) is 0 Å². The van der Waals surface area contributed by atoms with Crippen LogP contribution in [0.25, 0.3) is 0 Å². The Hall–Kier alpha value is -0.630. The maximum atomic E-state index is 5.80. The first kappa shape index (κ1) is 13.4. The van der Waals surface area contributed by atoms with E-state index in [9.17, 15) is 0 Å². The Morgan fingerprint density at radius 2 is 1.94 bits per heavy atom. The van der Waals surface area contributed by atoms with Gasteiger partial charge in [-0.25, -0.2) is 0 Å². The summed E-state index contributed by atoms with van der Waals surface area (Å²) in [5, 5.41) is 0. The quantitative estimate of drug-likeness (QED) is 0.714. The average Bonchev–Trinajstić information content (AvgIpc) is 2.25. The van der Waals surface area contributed by atoms with Crippen LogP contribution < -0.4 is 4.74 Å². The Morgan fingerprint density at radius 1 is 1.25 bits per heavy atom. The Kier molecular flexibility index (Phi) is 4.72. The van der Waals surface area contributed by atoms with Crippen LogP contribution in [0.15, 0.2) is 23.1 Å². The molecule has 0 spiro atoms. The number of rotatable bonds is 4. The second-order valence-corrected chi connectivity index (χ2v) is 5.84. The molecule has 1 aromatic carbocycles. The molecule has 0 saturated carbocycles. The molecule has 0 unspecified atom stereocenters. The van der Waals surface area contributed by atoms with Gasteiger partial charge in [-0.1, -0.05) is 27.7 Å². The molecule has 90 valence electrons. The van der Waals surface area contributed by atoms with Gasteiger partial charge in [0.25, 0.3) is 0 Å². The number of hydrogen-bond acceptors (Lipinski definition) is 2. The van der Waals surface area contributed by atoms with Crippen molar-refractivity contribution in [2.45, 2.75) is 44.4 Å². The van der Waals surface area contributed by atoms with E-state index in [1.165, 1.54) is 10.5 Å². The molecule has 1 aromatic rings. The molecule has 0 aromatic heterocycles. The van der Waals surface area contributed by atoms with Gasteiger partial charge in [-0.2, -0.15) is 0 Å². The van der Waals surface area contributed by atoms with E-state index in [0.717, 1.165) is 18.8 Å². The summed E-state index contributed by atoms with van der Waals surface area (Å²) in [5.74, 6) is 1.03. The standard InChI is InChI=1S/C14H22OS/c1-6-9-15-13-8-7-11(16-5)10-12(13)14(2,3)4/h7-8,10H,6,9H2,1-5H3. The fourth-order valence-electron chi connectivity index (χ4n) is 1.56. The molecule has 0 saturated heterocycles. The van der Waals surface area contributed by atoms with Crippen molar-refractivity contribution in [1.82, 2.24) is 0 Å². The Labute approximate surface area is 104 Å². The zero-order chi connectivity index (χ0) is 12.2. The van der Waals surface area contributed by atoms with E-state index in [0.29, 0.717) is 0 Å². The van der Waals surface area contributed by atoms with Gasteiger partial charge in [0.2, 0.25) is 0 Å². The van der Waals surface area contributed by atoms with Crippen LogP contribution in [0.1, 0.15) is 39.7 Å². The maximum absolute atomic E-state index is 5.80. The molecular weight excluding hydrogens is 216 g/mol. The van der Waals surface area contributed by atoms with Crippen LogP contribution in [0.4, 0.5) is 0 Å². The summed E-state index contributed by atoms with van der Waals surface area (Å²) in [6.45, 7) is 9.61. The molecule has 1 rings (SSSR count). The van der Waals surface area contributed by atoms with Crippen LogP contribution in [0, 0.1) is 0 Å². The van der Waals surface area contributed by atoms with Gasteiger partial charge in [-0.05, 0) is 36.3 Å². The lowest BCUT2D eigenvalue weighted by Crippen LogP contribution is -2.13. The van der Waals surface area contributed by atoms with Crippen LogP contribution >= 0.6 is 11.8 Å². The van der Waals surface area contributed by atoms with Crippen molar-refractivity contribution in [3.63, 3.8) is 0 Å². The monoisotopic (exact) mass is 238 g/mol. The summed E-state index contributed by atoms with van der Waals surface area (Å²) in [6.07, 6.45) is 3.15. The molecule has 0 aliphatic rings. The van der Waals surface area contributed by atoms with Crippen molar-refractivity contribution in [1.29, 1.82) is 0 Å². The van der Waals surface area contributed by atoms with Crippen LogP contribution in [-0.4, -0.2) is 12.9 Å². The van der Waals surface area contributed by atoms with Crippen molar-refractivity contribution in [2.24, 2.45) is 0 Å². The first-order valence-electron chi connectivity index (χ1n) is 5.80. The lowest BCUT2D eigenvalue weighted by atomic mass is 9.86. The molecule has 0 aliphatic heterocycles. The third-order valence-electron chi connectivity index (χ3n) is 2.46. The summed E-state index contributed by atoms with van der Waals surface area (Å²) in [7, 11) is 0. The van der Waals surface area contributed by atoms with Gasteiger partial charge in [0.05, 0.1) is 6.61 Å². The molecule has 1 nitrogen and oxygen atoms in total. The summed E-state index contributed by atoms with van der Waals surface area (Å²) < 4.78 is 5.80. The van der Waals surface area contributed by atoms with E-state index in [1.807, 2.05) is 0 Å². The second-order valence-electron chi connectivity index (χ2n) is 4.96. The van der Waals surface area contributed by atoms with Gasteiger partial charge >= 0.3 is 0 Å². The van der Waals surface area contributed by atoms with Crippen LogP contribution in [0.2, 0.25) is 0 Å². The fraction of sp³-hybridized carbons (Fsp3) is 0.571. The topological polar surface area (TPSA) is 9.23 Å². The lowest BCUT2D eigenvalue weighted by molar-refractivity contribution is 0.308. The highest BCUT2D eigenvalue weighted by Crippen LogP contribution is 2.34. The van der Waals surface area contributed by atoms with Gasteiger partial charge in [0, 0.05) is 10.5 Å². The Bertz CT molecular complexity index is 339.